The Bertz CT molecular complexity index is 961. The molecule has 0 radical (unpaired) electrons. The van der Waals surface area contributed by atoms with Gasteiger partial charge in [0.25, 0.3) is 0 Å². The van der Waals surface area contributed by atoms with Gasteiger partial charge < -0.3 is 9.30 Å². The number of hydrogen-bond acceptors (Lipinski definition) is 2. The van der Waals surface area contributed by atoms with Crippen molar-refractivity contribution in [1.82, 2.24) is 9.47 Å². The molecule has 0 aliphatic carbocycles. The first kappa shape index (κ1) is 15.0. The maximum Gasteiger partial charge on any atom is 0.121 e. The van der Waals surface area contributed by atoms with Crippen molar-refractivity contribution < 1.29 is 4.74 Å². The summed E-state index contributed by atoms with van der Waals surface area (Å²) in [5, 5.41) is 2.60. The third kappa shape index (κ3) is 2.54. The molecule has 3 aliphatic rings. The van der Waals surface area contributed by atoms with E-state index in [1.54, 1.807) is 5.57 Å². The molecule has 3 aromatic rings. The van der Waals surface area contributed by atoms with Crippen molar-refractivity contribution >= 4 is 21.8 Å². The summed E-state index contributed by atoms with van der Waals surface area (Å²) >= 11 is 0. The summed E-state index contributed by atoms with van der Waals surface area (Å²) in [6, 6.07) is 15.0. The fourth-order valence-corrected chi connectivity index (χ4v) is 4.56. The van der Waals surface area contributed by atoms with E-state index >= 15 is 0 Å². The lowest BCUT2D eigenvalue weighted by Gasteiger charge is -2.41. The molecule has 0 atom stereocenters. The van der Waals surface area contributed by atoms with Crippen molar-refractivity contribution in [2.75, 3.05) is 26.2 Å². The highest BCUT2D eigenvalue weighted by Gasteiger charge is 2.28. The van der Waals surface area contributed by atoms with E-state index in [4.69, 9.17) is 4.74 Å². The lowest BCUT2D eigenvalue weighted by Crippen LogP contribution is -2.43. The normalized spacial score (nSPS) is 24.4. The van der Waals surface area contributed by atoms with Gasteiger partial charge in [-0.05, 0) is 56.1 Å². The summed E-state index contributed by atoms with van der Waals surface area (Å²) in [6.07, 6.45) is 4.98. The molecule has 4 heterocycles. The number of rotatable bonds is 3. The molecule has 2 aromatic carbocycles. The van der Waals surface area contributed by atoms with Crippen LogP contribution >= 0.6 is 0 Å². The van der Waals surface area contributed by atoms with Crippen LogP contribution in [-0.2, 0) is 7.05 Å². The molecule has 128 valence electrons. The summed E-state index contributed by atoms with van der Waals surface area (Å²) in [7, 11) is 2.13. The molecular weight excluding hydrogens is 308 g/mol. The third-order valence-electron chi connectivity index (χ3n) is 6.00. The molecule has 3 saturated heterocycles. The quantitative estimate of drug-likeness (QED) is 0.663. The summed E-state index contributed by atoms with van der Waals surface area (Å²) in [5.41, 5.74) is 4.08. The molecule has 0 amide bonds. The molecule has 0 unspecified atom stereocenters. The second-order valence-corrected chi connectivity index (χ2v) is 7.40. The number of aromatic nitrogens is 1. The Morgan fingerprint density at radius 1 is 1.04 bits per heavy atom. The van der Waals surface area contributed by atoms with Crippen molar-refractivity contribution in [2.45, 2.75) is 12.8 Å². The van der Waals surface area contributed by atoms with Crippen LogP contribution in [-0.4, -0.2) is 35.7 Å². The molecule has 3 aliphatic heterocycles. The van der Waals surface area contributed by atoms with Gasteiger partial charge >= 0.3 is 0 Å². The Hall–Kier alpha value is -2.26. The standard InChI is InChI=1S/C22H24N2O/c1-23-21-5-3-2-4-19(21)20-7-6-18(14-22(20)23)25-13-10-17-15-24-11-8-16(17)9-12-24/h2-7,10,14,16H,8-9,11-13,15H2,1H3/b17-10+. The molecular formula is C22H24N2O. The lowest BCUT2D eigenvalue weighted by atomic mass is 9.84. The smallest absolute Gasteiger partial charge is 0.121 e. The number of piperidine rings is 3. The molecule has 3 fully saturated rings. The number of benzene rings is 2. The first-order chi connectivity index (χ1) is 12.3. The highest BCUT2D eigenvalue weighted by atomic mass is 16.5. The summed E-state index contributed by atoms with van der Waals surface area (Å²) in [4.78, 5) is 2.56. The van der Waals surface area contributed by atoms with Gasteiger partial charge in [0.2, 0.25) is 0 Å². The van der Waals surface area contributed by atoms with Crippen LogP contribution in [0.4, 0.5) is 0 Å². The number of nitrogens with zero attached hydrogens (tertiary/aromatic N) is 2. The van der Waals surface area contributed by atoms with Crippen LogP contribution in [0.15, 0.2) is 54.1 Å². The average Bonchev–Trinajstić information content (AvgIpc) is 2.95. The van der Waals surface area contributed by atoms with Crippen LogP contribution in [0.5, 0.6) is 5.75 Å². The Morgan fingerprint density at radius 3 is 2.64 bits per heavy atom. The zero-order valence-corrected chi connectivity index (χ0v) is 14.7. The van der Waals surface area contributed by atoms with Gasteiger partial charge in [-0.1, -0.05) is 23.8 Å². The van der Waals surface area contributed by atoms with Crippen LogP contribution in [0.1, 0.15) is 12.8 Å². The fraction of sp³-hybridized carbons (Fsp3) is 0.364. The van der Waals surface area contributed by atoms with E-state index in [1.165, 1.54) is 47.7 Å². The molecule has 0 N–H and O–H groups in total. The van der Waals surface area contributed by atoms with E-state index in [2.05, 4.69) is 65.1 Å². The minimum atomic E-state index is 0.676. The van der Waals surface area contributed by atoms with Gasteiger partial charge in [-0.15, -0.1) is 0 Å². The van der Waals surface area contributed by atoms with E-state index in [9.17, 15) is 0 Å². The SMILES string of the molecule is Cn1c2ccccc2c2ccc(OC/C=C3\CN4CCC3CC4)cc21. The Morgan fingerprint density at radius 2 is 1.84 bits per heavy atom. The van der Waals surface area contributed by atoms with E-state index < -0.39 is 0 Å². The van der Waals surface area contributed by atoms with Gasteiger partial charge in [-0.3, -0.25) is 4.90 Å². The van der Waals surface area contributed by atoms with Crippen molar-refractivity contribution in [3.8, 4) is 5.75 Å². The van der Waals surface area contributed by atoms with Crippen LogP contribution < -0.4 is 4.74 Å². The minimum Gasteiger partial charge on any atom is -0.489 e. The van der Waals surface area contributed by atoms with E-state index in [-0.39, 0.29) is 0 Å². The topological polar surface area (TPSA) is 17.4 Å². The first-order valence-electron chi connectivity index (χ1n) is 9.31. The van der Waals surface area contributed by atoms with Crippen molar-refractivity contribution in [3.05, 3.63) is 54.1 Å². The van der Waals surface area contributed by atoms with Crippen molar-refractivity contribution in [3.63, 3.8) is 0 Å². The Balaban J connectivity index is 1.38. The van der Waals surface area contributed by atoms with Gasteiger partial charge in [-0.25, -0.2) is 0 Å². The van der Waals surface area contributed by atoms with Gasteiger partial charge in [0.05, 0.1) is 5.52 Å². The van der Waals surface area contributed by atoms with Crippen LogP contribution in [0, 0.1) is 5.92 Å². The van der Waals surface area contributed by atoms with Crippen LogP contribution in [0.25, 0.3) is 21.8 Å². The predicted molar refractivity (Wildman–Crippen MR) is 103 cm³/mol. The van der Waals surface area contributed by atoms with Crippen molar-refractivity contribution in [2.24, 2.45) is 13.0 Å². The molecule has 3 heteroatoms. The van der Waals surface area contributed by atoms with E-state index in [0.717, 1.165) is 18.2 Å². The fourth-order valence-electron chi connectivity index (χ4n) is 4.56. The third-order valence-corrected chi connectivity index (χ3v) is 6.00. The summed E-state index contributed by atoms with van der Waals surface area (Å²) in [5.74, 6) is 1.76. The first-order valence-corrected chi connectivity index (χ1v) is 9.31. The molecule has 6 rings (SSSR count). The zero-order valence-electron chi connectivity index (χ0n) is 14.7. The number of ether oxygens (including phenoxy) is 1. The molecule has 25 heavy (non-hydrogen) atoms. The van der Waals surface area contributed by atoms with Crippen LogP contribution in [0.3, 0.4) is 0 Å². The van der Waals surface area contributed by atoms with Gasteiger partial charge in [0.1, 0.15) is 12.4 Å². The highest BCUT2D eigenvalue weighted by Crippen LogP contribution is 2.32. The summed E-state index contributed by atoms with van der Waals surface area (Å²) in [6.45, 7) is 4.38. The van der Waals surface area contributed by atoms with E-state index in [1.807, 2.05) is 0 Å². The summed E-state index contributed by atoms with van der Waals surface area (Å²) < 4.78 is 8.32. The number of hydrogen-bond donors (Lipinski definition) is 0. The Kier molecular flexibility index (Phi) is 3.56. The maximum absolute atomic E-state index is 6.07. The minimum absolute atomic E-state index is 0.676. The molecule has 1 aromatic heterocycles. The zero-order chi connectivity index (χ0) is 16.8. The van der Waals surface area contributed by atoms with E-state index in [0.29, 0.717) is 6.61 Å². The number of para-hydroxylation sites is 1. The predicted octanol–water partition coefficient (Wildman–Crippen LogP) is 4.36. The maximum atomic E-state index is 6.07. The molecule has 0 spiro atoms. The Labute approximate surface area is 148 Å². The second kappa shape index (κ2) is 5.92. The average molecular weight is 332 g/mol. The number of fused-ring (bicyclic) bond motifs is 6. The van der Waals surface area contributed by atoms with Gasteiger partial charge in [0.15, 0.2) is 0 Å². The largest absolute Gasteiger partial charge is 0.489 e. The van der Waals surface area contributed by atoms with Crippen molar-refractivity contribution in [1.29, 1.82) is 0 Å². The second-order valence-electron chi connectivity index (χ2n) is 7.40. The van der Waals surface area contributed by atoms with Gasteiger partial charge in [0, 0.05) is 35.9 Å². The molecule has 3 nitrogen and oxygen atoms in total. The monoisotopic (exact) mass is 332 g/mol. The van der Waals surface area contributed by atoms with Gasteiger partial charge in [-0.2, -0.15) is 0 Å². The number of aryl methyl sites for hydroxylation is 1. The lowest BCUT2D eigenvalue weighted by molar-refractivity contribution is 0.160. The highest BCUT2D eigenvalue weighted by molar-refractivity contribution is 6.08. The molecule has 0 saturated carbocycles. The van der Waals surface area contributed by atoms with Crippen LogP contribution in [0.2, 0.25) is 0 Å². The molecule has 2 bridgehead atoms.